The highest BCUT2D eigenvalue weighted by molar-refractivity contribution is 5.76. The lowest BCUT2D eigenvalue weighted by Gasteiger charge is -2.22. The minimum absolute atomic E-state index is 0.0408. The minimum atomic E-state index is -0.674. The highest BCUT2D eigenvalue weighted by Crippen LogP contribution is 2.15. The summed E-state index contributed by atoms with van der Waals surface area (Å²) >= 11 is 0. The molecule has 0 aliphatic heterocycles. The molecule has 0 saturated carbocycles. The number of amides is 1. The molecular formula is C36H71NO3. The molecule has 2 atom stereocenters. The van der Waals surface area contributed by atoms with Crippen molar-refractivity contribution in [1.29, 1.82) is 0 Å². The van der Waals surface area contributed by atoms with Gasteiger partial charge in [-0.25, -0.2) is 0 Å². The van der Waals surface area contributed by atoms with Crippen LogP contribution in [-0.4, -0.2) is 34.9 Å². The molecule has 0 saturated heterocycles. The van der Waals surface area contributed by atoms with Crippen molar-refractivity contribution in [1.82, 2.24) is 5.32 Å². The van der Waals surface area contributed by atoms with Gasteiger partial charge in [0.05, 0.1) is 18.8 Å². The Morgan fingerprint density at radius 1 is 0.575 bits per heavy atom. The van der Waals surface area contributed by atoms with Gasteiger partial charge in [-0.3, -0.25) is 4.79 Å². The second-order valence-corrected chi connectivity index (χ2v) is 12.3. The van der Waals surface area contributed by atoms with Crippen molar-refractivity contribution < 1.29 is 15.0 Å². The lowest BCUT2D eigenvalue weighted by molar-refractivity contribution is -0.123. The molecule has 3 N–H and O–H groups in total. The lowest BCUT2D eigenvalue weighted by atomic mass is 10.0. The average Bonchev–Trinajstić information content (AvgIpc) is 2.96. The van der Waals surface area contributed by atoms with E-state index in [9.17, 15) is 15.0 Å². The predicted octanol–water partition coefficient (Wildman–Crippen LogP) is 10.3. The van der Waals surface area contributed by atoms with E-state index in [0.29, 0.717) is 12.8 Å². The fourth-order valence-electron chi connectivity index (χ4n) is 5.47. The van der Waals surface area contributed by atoms with Crippen molar-refractivity contribution in [3.05, 3.63) is 12.2 Å². The summed E-state index contributed by atoms with van der Waals surface area (Å²) in [6.45, 7) is 4.32. The molecule has 40 heavy (non-hydrogen) atoms. The van der Waals surface area contributed by atoms with Gasteiger partial charge < -0.3 is 15.5 Å². The first-order valence-corrected chi connectivity index (χ1v) is 17.9. The summed E-state index contributed by atoms with van der Waals surface area (Å²) in [6, 6.07) is -0.544. The summed E-state index contributed by atoms with van der Waals surface area (Å²) < 4.78 is 0. The van der Waals surface area contributed by atoms with Crippen LogP contribution in [-0.2, 0) is 4.79 Å². The van der Waals surface area contributed by atoms with Crippen LogP contribution >= 0.6 is 0 Å². The normalized spacial score (nSPS) is 13.2. The van der Waals surface area contributed by atoms with Crippen LogP contribution in [0.1, 0.15) is 194 Å². The number of carbonyl (C=O) groups excluding carboxylic acids is 1. The van der Waals surface area contributed by atoms with Gasteiger partial charge >= 0.3 is 0 Å². The molecule has 4 nitrogen and oxygen atoms in total. The van der Waals surface area contributed by atoms with Crippen molar-refractivity contribution in [3.63, 3.8) is 0 Å². The van der Waals surface area contributed by atoms with Crippen LogP contribution in [0.2, 0.25) is 0 Å². The van der Waals surface area contributed by atoms with Crippen LogP contribution in [0.15, 0.2) is 12.2 Å². The molecule has 238 valence electrons. The van der Waals surface area contributed by atoms with Gasteiger partial charge in [0.1, 0.15) is 0 Å². The van der Waals surface area contributed by atoms with E-state index in [4.69, 9.17) is 0 Å². The third-order valence-corrected chi connectivity index (χ3v) is 8.28. The Labute approximate surface area is 250 Å². The quantitative estimate of drug-likeness (QED) is 0.0561. The fraction of sp³-hybridized carbons (Fsp3) is 0.917. The molecule has 0 aliphatic rings. The summed E-state index contributed by atoms with van der Waals surface area (Å²) in [4.78, 5) is 12.3. The molecule has 1 amide bonds. The van der Waals surface area contributed by atoms with Crippen molar-refractivity contribution in [2.24, 2.45) is 0 Å². The number of aliphatic hydroxyl groups is 2. The van der Waals surface area contributed by atoms with Crippen LogP contribution in [0.3, 0.4) is 0 Å². The van der Waals surface area contributed by atoms with Crippen molar-refractivity contribution in [3.8, 4) is 0 Å². The summed E-state index contributed by atoms with van der Waals surface area (Å²) in [5, 5.41) is 22.9. The number of allylic oxidation sites excluding steroid dienone is 2. The average molecular weight is 566 g/mol. The van der Waals surface area contributed by atoms with Crippen molar-refractivity contribution in [2.45, 2.75) is 206 Å². The van der Waals surface area contributed by atoms with E-state index in [2.05, 4.69) is 31.3 Å². The smallest absolute Gasteiger partial charge is 0.220 e. The number of carbonyl (C=O) groups is 1. The van der Waals surface area contributed by atoms with Crippen LogP contribution < -0.4 is 5.32 Å². The molecular weight excluding hydrogens is 494 g/mol. The van der Waals surface area contributed by atoms with E-state index in [1.807, 2.05) is 0 Å². The third-order valence-electron chi connectivity index (χ3n) is 8.28. The maximum Gasteiger partial charge on any atom is 0.220 e. The second-order valence-electron chi connectivity index (χ2n) is 12.3. The predicted molar refractivity (Wildman–Crippen MR) is 175 cm³/mol. The first kappa shape index (κ1) is 39.1. The van der Waals surface area contributed by atoms with Crippen LogP contribution in [0.4, 0.5) is 0 Å². The molecule has 0 bridgehead atoms. The zero-order chi connectivity index (χ0) is 29.4. The number of hydrogen-bond donors (Lipinski definition) is 3. The Kier molecular flexibility index (Phi) is 31.9. The van der Waals surface area contributed by atoms with E-state index >= 15 is 0 Å². The van der Waals surface area contributed by atoms with Gasteiger partial charge in [0, 0.05) is 6.42 Å². The van der Waals surface area contributed by atoms with Gasteiger partial charge in [-0.1, -0.05) is 161 Å². The third kappa shape index (κ3) is 28.7. The lowest BCUT2D eigenvalue weighted by Crippen LogP contribution is -2.45. The fourth-order valence-corrected chi connectivity index (χ4v) is 5.47. The van der Waals surface area contributed by atoms with Crippen LogP contribution in [0, 0.1) is 0 Å². The van der Waals surface area contributed by atoms with Crippen molar-refractivity contribution >= 4 is 5.91 Å². The maximum absolute atomic E-state index is 12.3. The summed E-state index contributed by atoms with van der Waals surface area (Å²) in [6.07, 6.45) is 38.4. The maximum atomic E-state index is 12.3. The summed E-state index contributed by atoms with van der Waals surface area (Å²) in [5.41, 5.74) is 0. The Balaban J connectivity index is 3.55. The molecule has 0 aromatic rings. The van der Waals surface area contributed by atoms with Gasteiger partial charge in [0.15, 0.2) is 0 Å². The molecule has 0 rings (SSSR count). The topological polar surface area (TPSA) is 69.6 Å². The molecule has 0 aliphatic carbocycles. The second kappa shape index (κ2) is 32.6. The Morgan fingerprint density at radius 2 is 0.950 bits per heavy atom. The molecule has 0 spiro atoms. The SMILES string of the molecule is CCCCCCC/C=C/CCCC[C@@H](O)[C@H](CO)NC(=O)CCCCCCCCCCCCCCCCCCC. The van der Waals surface area contributed by atoms with Gasteiger partial charge in [-0.05, 0) is 38.5 Å². The zero-order valence-electron chi connectivity index (χ0n) is 27.1. The molecule has 0 radical (unpaired) electrons. The van der Waals surface area contributed by atoms with Gasteiger partial charge in [0.2, 0.25) is 5.91 Å². The largest absolute Gasteiger partial charge is 0.394 e. The number of unbranched alkanes of at least 4 members (excludes halogenated alkanes) is 23. The van der Waals surface area contributed by atoms with Gasteiger partial charge in [-0.2, -0.15) is 0 Å². The van der Waals surface area contributed by atoms with E-state index in [-0.39, 0.29) is 12.5 Å². The molecule has 0 fully saturated rings. The van der Waals surface area contributed by atoms with E-state index < -0.39 is 12.1 Å². The van der Waals surface area contributed by atoms with Gasteiger partial charge in [0.25, 0.3) is 0 Å². The Morgan fingerprint density at radius 3 is 1.38 bits per heavy atom. The highest BCUT2D eigenvalue weighted by Gasteiger charge is 2.19. The summed E-state index contributed by atoms with van der Waals surface area (Å²) in [7, 11) is 0. The minimum Gasteiger partial charge on any atom is -0.394 e. The highest BCUT2D eigenvalue weighted by atomic mass is 16.3. The van der Waals surface area contributed by atoms with E-state index in [0.717, 1.165) is 32.1 Å². The summed E-state index contributed by atoms with van der Waals surface area (Å²) in [5.74, 6) is -0.0408. The van der Waals surface area contributed by atoms with E-state index in [1.165, 1.54) is 135 Å². The number of nitrogens with one attached hydrogen (secondary N) is 1. The number of hydrogen-bond acceptors (Lipinski definition) is 3. The molecule has 0 aromatic carbocycles. The van der Waals surface area contributed by atoms with E-state index in [1.54, 1.807) is 0 Å². The van der Waals surface area contributed by atoms with Crippen LogP contribution in [0.25, 0.3) is 0 Å². The zero-order valence-corrected chi connectivity index (χ0v) is 27.1. The standard InChI is InChI=1S/C36H71NO3/c1-3-5-7-9-11-13-15-16-17-18-19-20-22-24-26-28-30-32-36(40)37-34(33-38)35(39)31-29-27-25-23-21-14-12-10-8-6-4-2/h21,23,34-35,38-39H,3-20,22,24-33H2,1-2H3,(H,37,40)/b23-21+/t34-,35+/m0/s1. The molecule has 0 aromatic heterocycles. The van der Waals surface area contributed by atoms with Crippen molar-refractivity contribution in [2.75, 3.05) is 6.61 Å². The Bertz CT molecular complexity index is 536. The van der Waals surface area contributed by atoms with Crippen LogP contribution in [0.5, 0.6) is 0 Å². The number of aliphatic hydroxyl groups excluding tert-OH is 2. The molecule has 0 heterocycles. The number of rotatable bonds is 32. The van der Waals surface area contributed by atoms with Gasteiger partial charge in [-0.15, -0.1) is 0 Å². The Hall–Kier alpha value is -0.870. The molecule has 0 unspecified atom stereocenters. The first-order valence-electron chi connectivity index (χ1n) is 17.9. The molecule has 4 heteroatoms. The monoisotopic (exact) mass is 566 g/mol. The first-order chi connectivity index (χ1) is 19.7.